The molecule has 1 aromatic rings. The third kappa shape index (κ3) is 4.09. The van der Waals surface area contributed by atoms with Gasteiger partial charge in [0.25, 0.3) is 6.43 Å². The Hall–Kier alpha value is -0.940. The van der Waals surface area contributed by atoms with Crippen LogP contribution in [0.2, 0.25) is 0 Å². The van der Waals surface area contributed by atoms with Crippen molar-refractivity contribution in [1.82, 2.24) is 6.15 Å². The van der Waals surface area contributed by atoms with Crippen LogP contribution in [0.15, 0.2) is 24.3 Å². The average molecular weight is 270 g/mol. The number of rotatable bonds is 4. The number of hydrogen-bond donors (Lipinski definition) is 1. The summed E-state index contributed by atoms with van der Waals surface area (Å²) in [4.78, 5) is 0. The molecule has 0 radical (unpaired) electrons. The first-order valence-corrected chi connectivity index (χ1v) is 4.86. The van der Waals surface area contributed by atoms with E-state index < -0.39 is 12.6 Å². The molecule has 0 aromatic heterocycles. The number of ether oxygens (including phenoxy) is 1. The second-order valence-electron chi connectivity index (χ2n) is 3.59. The number of hydrogen-bond acceptors (Lipinski definition) is 2. The van der Waals surface area contributed by atoms with Gasteiger partial charge in [0.15, 0.2) is 6.17 Å². The lowest BCUT2D eigenvalue weighted by molar-refractivity contribution is 0.0476. The van der Waals surface area contributed by atoms with Crippen LogP contribution < -0.4 is 10.9 Å². The zero-order valence-electron chi connectivity index (χ0n) is 9.11. The summed E-state index contributed by atoms with van der Waals surface area (Å²) < 4.78 is 42.9. The van der Waals surface area contributed by atoms with Gasteiger partial charge >= 0.3 is 0 Å². The molecule has 3 N–H and O–H groups in total. The fraction of sp³-hybridized carbons (Fsp3) is 0.455. The minimum absolute atomic E-state index is 0. The first-order valence-electron chi connectivity index (χ1n) is 4.86. The van der Waals surface area contributed by atoms with Crippen LogP contribution >= 0.6 is 12.4 Å². The molecule has 0 heterocycles. The topological polar surface area (TPSA) is 44.2 Å². The van der Waals surface area contributed by atoms with Crippen molar-refractivity contribution in [2.45, 2.75) is 31.5 Å². The Bertz CT molecular complexity index is 347. The van der Waals surface area contributed by atoms with Gasteiger partial charge < -0.3 is 10.9 Å². The van der Waals surface area contributed by atoms with Crippen LogP contribution in [0, 0.1) is 0 Å². The number of para-hydroxylation sites is 1. The maximum atomic E-state index is 13.2. The van der Waals surface area contributed by atoms with Crippen LogP contribution in [0.4, 0.5) is 13.2 Å². The summed E-state index contributed by atoms with van der Waals surface area (Å²) in [7, 11) is 0. The highest BCUT2D eigenvalue weighted by Crippen LogP contribution is 2.35. The molecule has 6 heteroatoms. The second-order valence-corrected chi connectivity index (χ2v) is 3.59. The van der Waals surface area contributed by atoms with E-state index in [9.17, 15) is 13.2 Å². The predicted molar refractivity (Wildman–Crippen MR) is 62.2 cm³/mol. The van der Waals surface area contributed by atoms with Crippen LogP contribution in [-0.2, 0) is 0 Å². The van der Waals surface area contributed by atoms with Crippen molar-refractivity contribution in [2.24, 2.45) is 0 Å². The molecular formula is C11H15ClF3NO. The van der Waals surface area contributed by atoms with Gasteiger partial charge in [0.1, 0.15) is 5.75 Å². The predicted octanol–water partition coefficient (Wildman–Crippen LogP) is 4.09. The normalized spacial score (nSPS) is 15.8. The van der Waals surface area contributed by atoms with Crippen LogP contribution in [0.3, 0.4) is 0 Å². The van der Waals surface area contributed by atoms with Crippen molar-refractivity contribution in [3.8, 4) is 5.75 Å². The zero-order chi connectivity index (χ0) is 10.8. The molecule has 98 valence electrons. The van der Waals surface area contributed by atoms with E-state index in [2.05, 4.69) is 0 Å². The van der Waals surface area contributed by atoms with E-state index in [4.69, 9.17) is 4.74 Å². The number of benzene rings is 1. The third-order valence-corrected chi connectivity index (χ3v) is 2.26. The van der Waals surface area contributed by atoms with Crippen molar-refractivity contribution >= 4 is 12.4 Å². The molecule has 1 aromatic carbocycles. The maximum Gasteiger partial charge on any atom is 0.273 e. The minimum atomic E-state index is -3.01. The lowest BCUT2D eigenvalue weighted by atomic mass is 10.1. The van der Waals surface area contributed by atoms with Crippen LogP contribution in [0.1, 0.15) is 24.6 Å². The van der Waals surface area contributed by atoms with Crippen LogP contribution in [0.25, 0.3) is 0 Å². The van der Waals surface area contributed by atoms with E-state index in [0.717, 1.165) is 12.8 Å². The van der Waals surface area contributed by atoms with Crippen molar-refractivity contribution in [2.75, 3.05) is 0 Å². The molecule has 1 atom stereocenters. The lowest BCUT2D eigenvalue weighted by Crippen LogP contribution is -2.07. The summed E-state index contributed by atoms with van der Waals surface area (Å²) >= 11 is 0. The van der Waals surface area contributed by atoms with Crippen molar-refractivity contribution in [3.05, 3.63) is 29.8 Å². The van der Waals surface area contributed by atoms with Gasteiger partial charge in [-0.15, -0.1) is 12.4 Å². The molecule has 2 nitrogen and oxygen atoms in total. The Labute approximate surface area is 104 Å². The molecule has 0 aliphatic heterocycles. The average Bonchev–Trinajstić information content (AvgIpc) is 3.01. The van der Waals surface area contributed by atoms with Gasteiger partial charge in [-0.1, -0.05) is 18.2 Å². The Balaban J connectivity index is 0.00000128. The first-order chi connectivity index (χ1) is 7.18. The summed E-state index contributed by atoms with van der Waals surface area (Å²) in [5, 5.41) is 0. The molecule has 0 bridgehead atoms. The van der Waals surface area contributed by atoms with E-state index in [1.54, 1.807) is 6.07 Å². The SMILES string of the molecule is Cl.FC(F)[C@H](F)c1ccccc1OC1CC1.N. The Morgan fingerprint density at radius 2 is 1.71 bits per heavy atom. The third-order valence-electron chi connectivity index (χ3n) is 2.26. The minimum Gasteiger partial charge on any atom is -0.490 e. The Morgan fingerprint density at radius 1 is 1.12 bits per heavy atom. The van der Waals surface area contributed by atoms with Gasteiger partial charge in [-0.3, -0.25) is 0 Å². The standard InChI is InChI=1S/C11H11F3O.ClH.H3N/c12-10(11(13)14)8-3-1-2-4-9(8)15-7-5-6-7;;/h1-4,7,10-11H,5-6H2;1H;1H3/t10-;;/m1../s1. The fourth-order valence-electron chi connectivity index (χ4n) is 1.32. The fourth-order valence-corrected chi connectivity index (χ4v) is 1.32. The molecule has 1 saturated carbocycles. The largest absolute Gasteiger partial charge is 0.490 e. The smallest absolute Gasteiger partial charge is 0.273 e. The summed E-state index contributed by atoms with van der Waals surface area (Å²) in [6.07, 6.45) is -3.36. The van der Waals surface area contributed by atoms with Crippen molar-refractivity contribution < 1.29 is 17.9 Å². The second kappa shape index (κ2) is 6.71. The van der Waals surface area contributed by atoms with Gasteiger partial charge in [0.2, 0.25) is 0 Å². The van der Waals surface area contributed by atoms with Crippen molar-refractivity contribution in [1.29, 1.82) is 0 Å². The Morgan fingerprint density at radius 3 is 2.24 bits per heavy atom. The van der Waals surface area contributed by atoms with Gasteiger partial charge in [-0.25, -0.2) is 13.2 Å². The van der Waals surface area contributed by atoms with Crippen molar-refractivity contribution in [3.63, 3.8) is 0 Å². The summed E-state index contributed by atoms with van der Waals surface area (Å²) in [6.45, 7) is 0. The highest BCUT2D eigenvalue weighted by molar-refractivity contribution is 5.85. The molecule has 0 saturated heterocycles. The van der Waals surface area contributed by atoms with Gasteiger partial charge in [-0.2, -0.15) is 0 Å². The number of halogens is 4. The van der Waals surface area contributed by atoms with Gasteiger partial charge in [0.05, 0.1) is 6.10 Å². The maximum absolute atomic E-state index is 13.2. The molecule has 2 rings (SSSR count). The quantitative estimate of drug-likeness (QED) is 0.895. The zero-order valence-corrected chi connectivity index (χ0v) is 9.93. The van der Waals surface area contributed by atoms with Crippen LogP contribution in [-0.4, -0.2) is 12.5 Å². The molecule has 0 unspecified atom stereocenters. The lowest BCUT2D eigenvalue weighted by Gasteiger charge is -2.13. The van der Waals surface area contributed by atoms with E-state index in [0.29, 0.717) is 0 Å². The molecule has 1 fully saturated rings. The number of alkyl halides is 3. The van der Waals surface area contributed by atoms with E-state index in [1.165, 1.54) is 18.2 Å². The summed E-state index contributed by atoms with van der Waals surface area (Å²) in [6, 6.07) is 6.06. The Kier molecular flexibility index (Phi) is 6.34. The first kappa shape index (κ1) is 16.1. The highest BCUT2D eigenvalue weighted by atomic mass is 35.5. The van der Waals surface area contributed by atoms with Gasteiger partial charge in [0, 0.05) is 5.56 Å². The molecule has 17 heavy (non-hydrogen) atoms. The molecular weight excluding hydrogens is 255 g/mol. The van der Waals surface area contributed by atoms with E-state index in [-0.39, 0.29) is 36.0 Å². The molecule has 0 amide bonds. The molecule has 0 spiro atoms. The monoisotopic (exact) mass is 269 g/mol. The highest BCUT2D eigenvalue weighted by Gasteiger charge is 2.28. The summed E-state index contributed by atoms with van der Waals surface area (Å²) in [5.74, 6) is 0.243. The van der Waals surface area contributed by atoms with E-state index in [1.807, 2.05) is 0 Å². The van der Waals surface area contributed by atoms with Crippen LogP contribution in [0.5, 0.6) is 5.75 Å². The van der Waals surface area contributed by atoms with Gasteiger partial charge in [-0.05, 0) is 18.9 Å². The summed E-state index contributed by atoms with van der Waals surface area (Å²) in [5.41, 5.74) is -0.0561. The molecule has 1 aliphatic carbocycles. The molecule has 1 aliphatic rings. The van der Waals surface area contributed by atoms with E-state index >= 15 is 0 Å².